The Morgan fingerprint density at radius 1 is 1.13 bits per heavy atom. The normalized spacial score (nSPS) is 14.3. The number of allylic oxidation sites excluding steroid dienone is 1. The van der Waals surface area contributed by atoms with Crippen LogP contribution in [-0.2, 0) is 4.79 Å². The molecular weight excluding hydrogens is 341 g/mol. The van der Waals surface area contributed by atoms with Crippen LogP contribution in [-0.4, -0.2) is 22.2 Å². The van der Waals surface area contributed by atoms with E-state index < -0.39 is 17.4 Å². The zero-order valence-electron chi connectivity index (χ0n) is 13.1. The predicted molar refractivity (Wildman–Crippen MR) is 91.2 cm³/mol. The van der Waals surface area contributed by atoms with E-state index in [9.17, 15) is 9.59 Å². The van der Waals surface area contributed by atoms with Crippen molar-refractivity contribution in [2.24, 2.45) is 5.41 Å². The molecule has 1 aliphatic rings. The molecule has 0 radical (unpaired) electrons. The number of hydrogen-bond acceptors (Lipinski definition) is 3. The van der Waals surface area contributed by atoms with Crippen LogP contribution in [0, 0.1) is 5.41 Å². The molecule has 5 nitrogen and oxygen atoms in total. The van der Waals surface area contributed by atoms with Crippen molar-refractivity contribution in [3.63, 3.8) is 0 Å². The highest BCUT2D eigenvalue weighted by Gasteiger charge is 2.51. The maximum Gasteiger partial charge on any atom is 0.337 e. The molecule has 4 N–H and O–H groups in total. The first-order valence-corrected chi connectivity index (χ1v) is 7.64. The fourth-order valence-electron chi connectivity index (χ4n) is 2.12. The van der Waals surface area contributed by atoms with Crippen molar-refractivity contribution in [2.45, 2.75) is 33.6 Å². The average Bonchev–Trinajstić information content (AvgIpc) is 3.23. The van der Waals surface area contributed by atoms with Gasteiger partial charge in [-0.2, -0.15) is 0 Å². The Morgan fingerprint density at radius 3 is 1.96 bits per heavy atom. The molecule has 1 aromatic rings. The summed E-state index contributed by atoms with van der Waals surface area (Å²) in [6, 6.07) is 2.65. The molecule has 1 aliphatic carbocycles. The number of carboxylic acid groups (broad SMARTS) is 2. The van der Waals surface area contributed by atoms with Crippen molar-refractivity contribution in [1.29, 1.82) is 0 Å². The van der Waals surface area contributed by atoms with E-state index in [2.05, 4.69) is 0 Å². The van der Waals surface area contributed by atoms with Gasteiger partial charge in [-0.1, -0.05) is 34.3 Å². The molecule has 0 bridgehead atoms. The summed E-state index contributed by atoms with van der Waals surface area (Å²) >= 11 is 11.2. The lowest BCUT2D eigenvalue weighted by Crippen LogP contribution is -2.16. The predicted octanol–water partition coefficient (Wildman–Crippen LogP) is 4.48. The van der Waals surface area contributed by atoms with Gasteiger partial charge >= 0.3 is 11.9 Å². The zero-order chi connectivity index (χ0) is 17.9. The second kappa shape index (κ2) is 7.23. The van der Waals surface area contributed by atoms with E-state index in [-0.39, 0.29) is 21.3 Å². The van der Waals surface area contributed by atoms with Gasteiger partial charge in [0.1, 0.15) is 0 Å². The highest BCUT2D eigenvalue weighted by atomic mass is 35.5. The highest BCUT2D eigenvalue weighted by molar-refractivity contribution is 6.37. The lowest BCUT2D eigenvalue weighted by molar-refractivity contribution is -0.141. The van der Waals surface area contributed by atoms with E-state index in [0.717, 1.165) is 24.0 Å². The molecule has 126 valence electrons. The maximum atomic E-state index is 10.8. The third kappa shape index (κ3) is 4.39. The molecule has 23 heavy (non-hydrogen) atoms. The second-order valence-corrected chi connectivity index (χ2v) is 6.49. The lowest BCUT2D eigenvalue weighted by atomic mass is 9.94. The summed E-state index contributed by atoms with van der Waals surface area (Å²) in [5.74, 6) is -1.80. The Bertz CT molecular complexity index is 675. The fourth-order valence-corrected chi connectivity index (χ4v) is 2.54. The van der Waals surface area contributed by atoms with Crippen LogP contribution in [0.15, 0.2) is 23.3 Å². The minimum Gasteiger partial charge on any atom is -0.481 e. The minimum atomic E-state index is -1.14. The maximum absolute atomic E-state index is 10.8. The van der Waals surface area contributed by atoms with Crippen molar-refractivity contribution < 1.29 is 19.8 Å². The largest absolute Gasteiger partial charge is 0.481 e. The first kappa shape index (κ1) is 19.3. The van der Waals surface area contributed by atoms with Gasteiger partial charge < -0.3 is 15.9 Å². The van der Waals surface area contributed by atoms with Crippen LogP contribution < -0.4 is 5.73 Å². The summed E-state index contributed by atoms with van der Waals surface area (Å²) in [5.41, 5.74) is 7.18. The molecule has 2 rings (SSSR count). The van der Waals surface area contributed by atoms with Gasteiger partial charge in [0.2, 0.25) is 0 Å². The summed E-state index contributed by atoms with van der Waals surface area (Å²) in [5, 5.41) is 17.8. The molecule has 0 aromatic heterocycles. The molecule has 1 saturated carbocycles. The second-order valence-electron chi connectivity index (χ2n) is 5.67. The topological polar surface area (TPSA) is 101 Å². The van der Waals surface area contributed by atoms with Gasteiger partial charge in [-0.3, -0.25) is 4.79 Å². The molecule has 0 spiro atoms. The first-order valence-electron chi connectivity index (χ1n) is 6.88. The van der Waals surface area contributed by atoms with Crippen molar-refractivity contribution in [2.75, 3.05) is 5.73 Å². The van der Waals surface area contributed by atoms with Gasteiger partial charge in [-0.25, -0.2) is 4.79 Å². The van der Waals surface area contributed by atoms with E-state index in [1.165, 1.54) is 12.1 Å². The van der Waals surface area contributed by atoms with Crippen LogP contribution in [0.2, 0.25) is 10.0 Å². The van der Waals surface area contributed by atoms with Crippen LogP contribution in [0.5, 0.6) is 0 Å². The van der Waals surface area contributed by atoms with Gasteiger partial charge in [0.25, 0.3) is 0 Å². The Morgan fingerprint density at radius 2 is 1.65 bits per heavy atom. The number of rotatable bonds is 3. The number of hydrogen-bond donors (Lipinski definition) is 3. The van der Waals surface area contributed by atoms with Crippen molar-refractivity contribution in [1.82, 2.24) is 0 Å². The van der Waals surface area contributed by atoms with E-state index in [1.807, 2.05) is 20.8 Å². The SMILES string of the molecule is CC(C)=C(C)C1(C(=O)O)CC1.Nc1cc(Cl)cc(C(=O)O)c1Cl. The summed E-state index contributed by atoms with van der Waals surface area (Å²) in [6.45, 7) is 5.87. The van der Waals surface area contributed by atoms with E-state index in [1.54, 1.807) is 0 Å². The van der Waals surface area contributed by atoms with Crippen LogP contribution >= 0.6 is 23.2 Å². The Labute approximate surface area is 144 Å². The van der Waals surface area contributed by atoms with Gasteiger partial charge in [0, 0.05) is 5.02 Å². The first-order chi connectivity index (χ1) is 10.5. The van der Waals surface area contributed by atoms with E-state index >= 15 is 0 Å². The number of nitrogen functional groups attached to an aromatic ring is 1. The van der Waals surface area contributed by atoms with E-state index in [4.69, 9.17) is 39.1 Å². The monoisotopic (exact) mass is 359 g/mol. The lowest BCUT2D eigenvalue weighted by Gasteiger charge is -2.11. The number of anilines is 1. The average molecular weight is 360 g/mol. The smallest absolute Gasteiger partial charge is 0.337 e. The van der Waals surface area contributed by atoms with Gasteiger partial charge in [0.05, 0.1) is 21.7 Å². The molecular formula is C16H19Cl2NO4. The van der Waals surface area contributed by atoms with Crippen molar-refractivity contribution >= 4 is 40.8 Å². The van der Waals surface area contributed by atoms with Crippen LogP contribution in [0.25, 0.3) is 0 Å². The Hall–Kier alpha value is -1.72. The summed E-state index contributed by atoms with van der Waals surface area (Å²) in [6.07, 6.45) is 1.64. The molecule has 1 aromatic carbocycles. The molecule has 0 aliphatic heterocycles. The Balaban J connectivity index is 0.000000231. The van der Waals surface area contributed by atoms with Gasteiger partial charge in [-0.05, 0) is 45.7 Å². The molecule has 7 heteroatoms. The number of carboxylic acids is 2. The summed E-state index contributed by atoms with van der Waals surface area (Å²) in [7, 11) is 0. The third-order valence-electron chi connectivity index (χ3n) is 3.92. The standard InChI is InChI=1S/C9H14O2.C7H5Cl2NO2/c1-6(2)7(3)9(4-5-9)8(10)11;8-3-1-4(7(11)12)6(9)5(10)2-3/h4-5H2,1-3H3,(H,10,11);1-2H,10H2,(H,11,12). The molecule has 0 saturated heterocycles. The van der Waals surface area contributed by atoms with Crippen molar-refractivity contribution in [3.8, 4) is 0 Å². The van der Waals surface area contributed by atoms with E-state index in [0.29, 0.717) is 0 Å². The fraction of sp³-hybridized carbons (Fsp3) is 0.375. The highest BCUT2D eigenvalue weighted by Crippen LogP contribution is 2.52. The molecule has 1 fully saturated rings. The minimum absolute atomic E-state index is 0.0203. The van der Waals surface area contributed by atoms with Crippen molar-refractivity contribution in [3.05, 3.63) is 38.9 Å². The van der Waals surface area contributed by atoms with Crippen LogP contribution in [0.1, 0.15) is 44.0 Å². The number of aromatic carboxylic acids is 1. The quantitative estimate of drug-likeness (QED) is 0.545. The number of benzene rings is 1. The number of aliphatic carboxylic acids is 1. The molecule has 0 amide bonds. The zero-order valence-corrected chi connectivity index (χ0v) is 14.6. The van der Waals surface area contributed by atoms with Crippen LogP contribution in [0.4, 0.5) is 5.69 Å². The van der Waals surface area contributed by atoms with Gasteiger partial charge in [-0.15, -0.1) is 0 Å². The number of carbonyl (C=O) groups is 2. The molecule has 0 heterocycles. The number of halogens is 2. The summed E-state index contributed by atoms with van der Waals surface area (Å²) in [4.78, 5) is 21.3. The molecule has 0 atom stereocenters. The summed E-state index contributed by atoms with van der Waals surface area (Å²) < 4.78 is 0. The van der Waals surface area contributed by atoms with Crippen LogP contribution in [0.3, 0.4) is 0 Å². The molecule has 0 unspecified atom stereocenters. The Kier molecular flexibility index (Phi) is 6.08. The number of nitrogens with two attached hydrogens (primary N) is 1. The van der Waals surface area contributed by atoms with Gasteiger partial charge in [0.15, 0.2) is 0 Å². The third-order valence-corrected chi connectivity index (χ3v) is 4.56.